The fraction of sp³-hybridized carbons (Fsp3) is 0.200. The summed E-state index contributed by atoms with van der Waals surface area (Å²) in [6, 6.07) is 11.8. The fourth-order valence-corrected chi connectivity index (χ4v) is 3.30. The van der Waals surface area contributed by atoms with E-state index in [1.807, 2.05) is 30.3 Å². The van der Waals surface area contributed by atoms with Gasteiger partial charge in [-0.2, -0.15) is 5.26 Å². The number of benzene rings is 1. The van der Waals surface area contributed by atoms with Crippen LogP contribution >= 0.6 is 23.2 Å². The molecule has 1 aliphatic rings. The predicted molar refractivity (Wildman–Crippen MR) is 104 cm³/mol. The number of hydrogen-bond acceptors (Lipinski definition) is 3. The van der Waals surface area contributed by atoms with Gasteiger partial charge in [0, 0.05) is 24.3 Å². The Hall–Kier alpha value is -2.28. The Balaban J connectivity index is 1.64. The number of anilines is 1. The largest absolute Gasteiger partial charge is 0.370 e. The van der Waals surface area contributed by atoms with Crippen molar-refractivity contribution in [3.8, 4) is 6.07 Å². The van der Waals surface area contributed by atoms with Gasteiger partial charge in [-0.25, -0.2) is 4.98 Å². The molecule has 1 aliphatic heterocycles. The Labute approximate surface area is 157 Å². The highest BCUT2D eigenvalue weighted by molar-refractivity contribution is 6.31. The fourth-order valence-electron chi connectivity index (χ4n) is 2.90. The number of rotatable bonds is 3. The van der Waals surface area contributed by atoms with E-state index >= 15 is 0 Å². The van der Waals surface area contributed by atoms with Crippen LogP contribution in [0.5, 0.6) is 0 Å². The Morgan fingerprint density at radius 2 is 1.96 bits per heavy atom. The highest BCUT2D eigenvalue weighted by Gasteiger charge is 2.18. The summed E-state index contributed by atoms with van der Waals surface area (Å²) in [5, 5.41) is 10.3. The molecule has 2 heterocycles. The summed E-state index contributed by atoms with van der Waals surface area (Å²) in [6.07, 6.45) is 9.87. The lowest BCUT2D eigenvalue weighted by atomic mass is 10.0. The van der Waals surface area contributed by atoms with E-state index in [-0.39, 0.29) is 5.15 Å². The molecule has 0 saturated carbocycles. The van der Waals surface area contributed by atoms with Crippen molar-refractivity contribution in [2.75, 3.05) is 18.0 Å². The van der Waals surface area contributed by atoms with E-state index in [4.69, 9.17) is 23.2 Å². The zero-order valence-corrected chi connectivity index (χ0v) is 15.1. The minimum atomic E-state index is 0.269. The van der Waals surface area contributed by atoms with Crippen LogP contribution in [0, 0.1) is 11.3 Å². The van der Waals surface area contributed by atoms with Gasteiger partial charge in [-0.1, -0.05) is 59.1 Å². The average Bonchev–Trinajstić information content (AvgIpc) is 2.62. The van der Waals surface area contributed by atoms with Crippen LogP contribution in [-0.4, -0.2) is 18.1 Å². The minimum Gasteiger partial charge on any atom is -0.370 e. The van der Waals surface area contributed by atoms with Gasteiger partial charge in [-0.05, 0) is 36.6 Å². The third kappa shape index (κ3) is 4.42. The van der Waals surface area contributed by atoms with Crippen LogP contribution in [0.25, 0.3) is 6.08 Å². The van der Waals surface area contributed by atoms with E-state index in [1.54, 1.807) is 6.20 Å². The van der Waals surface area contributed by atoms with Crippen LogP contribution in [0.3, 0.4) is 0 Å². The van der Waals surface area contributed by atoms with Crippen molar-refractivity contribution >= 4 is 35.0 Å². The molecule has 0 radical (unpaired) electrons. The lowest BCUT2D eigenvalue weighted by Crippen LogP contribution is -2.31. The normalized spacial score (nSPS) is 14.6. The topological polar surface area (TPSA) is 39.9 Å². The molecule has 0 atom stereocenters. The molecule has 0 amide bonds. The molecule has 1 fully saturated rings. The minimum absolute atomic E-state index is 0.269. The van der Waals surface area contributed by atoms with Crippen molar-refractivity contribution in [1.82, 2.24) is 4.98 Å². The first-order valence-electron chi connectivity index (χ1n) is 8.08. The maximum absolute atomic E-state index is 9.29. The first-order chi connectivity index (χ1) is 12.2. The second-order valence-electron chi connectivity index (χ2n) is 5.83. The Bertz CT molecular complexity index is 855. The van der Waals surface area contributed by atoms with E-state index in [0.717, 1.165) is 42.2 Å². The molecule has 0 N–H and O–H groups in total. The lowest BCUT2D eigenvalue weighted by molar-refractivity contribution is 0.684. The van der Waals surface area contributed by atoms with Gasteiger partial charge in [-0.15, -0.1) is 0 Å². The highest BCUT2D eigenvalue weighted by Crippen LogP contribution is 2.28. The lowest BCUT2D eigenvalue weighted by Gasteiger charge is -2.31. The van der Waals surface area contributed by atoms with Gasteiger partial charge in [0.25, 0.3) is 0 Å². The standard InChI is InChI=1S/C20H17Cl2N3/c21-17-6-2-5-16(13-17)4-1-3-15-8-11-25(12-9-15)19-7-10-24-20(22)18(19)14-23/h1-7,10,13H,8-9,11-12H2/b4-1+. The number of pyridine rings is 1. The zero-order valence-electron chi connectivity index (χ0n) is 13.6. The van der Waals surface area contributed by atoms with Crippen molar-refractivity contribution in [3.63, 3.8) is 0 Å². The molecule has 0 bridgehead atoms. The second kappa shape index (κ2) is 8.20. The number of aromatic nitrogens is 1. The van der Waals surface area contributed by atoms with Crippen LogP contribution in [0.15, 0.2) is 54.3 Å². The quantitative estimate of drug-likeness (QED) is 0.670. The van der Waals surface area contributed by atoms with Gasteiger partial charge in [-0.3, -0.25) is 0 Å². The molecular formula is C20H17Cl2N3. The van der Waals surface area contributed by atoms with Crippen LogP contribution in [0.1, 0.15) is 24.0 Å². The van der Waals surface area contributed by atoms with E-state index in [1.165, 1.54) is 5.57 Å². The van der Waals surface area contributed by atoms with Gasteiger partial charge in [0.05, 0.1) is 5.69 Å². The van der Waals surface area contributed by atoms with E-state index in [2.05, 4.69) is 34.2 Å². The van der Waals surface area contributed by atoms with E-state index in [0.29, 0.717) is 5.56 Å². The molecule has 5 heteroatoms. The molecule has 1 saturated heterocycles. The molecule has 3 rings (SSSR count). The summed E-state index contributed by atoms with van der Waals surface area (Å²) >= 11 is 12.0. The van der Waals surface area contributed by atoms with E-state index in [9.17, 15) is 5.26 Å². The summed E-state index contributed by atoms with van der Waals surface area (Å²) in [7, 11) is 0. The van der Waals surface area contributed by atoms with Gasteiger partial charge < -0.3 is 4.90 Å². The zero-order chi connectivity index (χ0) is 17.6. The van der Waals surface area contributed by atoms with Crippen molar-refractivity contribution in [3.05, 3.63) is 75.6 Å². The number of allylic oxidation sites excluding steroid dienone is 2. The molecule has 0 spiro atoms. The number of nitrogens with zero attached hydrogens (tertiary/aromatic N) is 3. The summed E-state index contributed by atoms with van der Waals surface area (Å²) < 4.78 is 0. The molecule has 0 aliphatic carbocycles. The molecule has 3 nitrogen and oxygen atoms in total. The first kappa shape index (κ1) is 17.5. The SMILES string of the molecule is N#Cc1c(N2CCC(=C/C=C/c3cccc(Cl)c3)CC2)ccnc1Cl. The maximum Gasteiger partial charge on any atom is 0.148 e. The molecule has 1 aromatic heterocycles. The van der Waals surface area contributed by atoms with Gasteiger partial charge in [0.1, 0.15) is 16.8 Å². The molecule has 126 valence electrons. The Morgan fingerprint density at radius 1 is 1.16 bits per heavy atom. The first-order valence-corrected chi connectivity index (χ1v) is 8.84. The number of piperidine rings is 1. The predicted octanol–water partition coefficient (Wildman–Crippen LogP) is 5.50. The molecule has 0 unspecified atom stereocenters. The summed E-state index contributed by atoms with van der Waals surface area (Å²) in [5.74, 6) is 0. The van der Waals surface area contributed by atoms with Crippen LogP contribution in [0.2, 0.25) is 10.2 Å². The Morgan fingerprint density at radius 3 is 2.68 bits per heavy atom. The van der Waals surface area contributed by atoms with Gasteiger partial charge >= 0.3 is 0 Å². The molecule has 1 aromatic carbocycles. The summed E-state index contributed by atoms with van der Waals surface area (Å²) in [4.78, 5) is 6.18. The van der Waals surface area contributed by atoms with Gasteiger partial charge in [0.15, 0.2) is 0 Å². The highest BCUT2D eigenvalue weighted by atomic mass is 35.5. The summed E-state index contributed by atoms with van der Waals surface area (Å²) in [6.45, 7) is 1.73. The Kier molecular flexibility index (Phi) is 5.75. The van der Waals surface area contributed by atoms with Crippen molar-refractivity contribution in [2.45, 2.75) is 12.8 Å². The number of hydrogen-bond donors (Lipinski definition) is 0. The smallest absolute Gasteiger partial charge is 0.148 e. The summed E-state index contributed by atoms with van der Waals surface area (Å²) in [5.41, 5.74) is 3.81. The number of halogens is 2. The van der Waals surface area contributed by atoms with Crippen molar-refractivity contribution in [1.29, 1.82) is 5.26 Å². The van der Waals surface area contributed by atoms with Crippen LogP contribution in [-0.2, 0) is 0 Å². The third-order valence-corrected chi connectivity index (χ3v) is 4.73. The molecule has 2 aromatic rings. The van der Waals surface area contributed by atoms with Crippen molar-refractivity contribution in [2.24, 2.45) is 0 Å². The monoisotopic (exact) mass is 369 g/mol. The third-order valence-electron chi connectivity index (χ3n) is 4.21. The number of nitriles is 1. The van der Waals surface area contributed by atoms with Crippen LogP contribution in [0.4, 0.5) is 5.69 Å². The van der Waals surface area contributed by atoms with E-state index < -0.39 is 0 Å². The molecular weight excluding hydrogens is 353 g/mol. The second-order valence-corrected chi connectivity index (χ2v) is 6.63. The van der Waals surface area contributed by atoms with Crippen LogP contribution < -0.4 is 4.90 Å². The maximum atomic E-state index is 9.29. The average molecular weight is 370 g/mol. The van der Waals surface area contributed by atoms with Gasteiger partial charge in [0.2, 0.25) is 0 Å². The van der Waals surface area contributed by atoms with Crippen molar-refractivity contribution < 1.29 is 0 Å². The molecule has 25 heavy (non-hydrogen) atoms.